The smallest absolute Gasteiger partial charge is 0.490 e. The van der Waals surface area contributed by atoms with Gasteiger partial charge in [0.25, 0.3) is 0 Å². The van der Waals surface area contributed by atoms with Gasteiger partial charge in [0, 0.05) is 19.2 Å². The lowest BCUT2D eigenvalue weighted by atomic mass is 10.1. The Morgan fingerprint density at radius 2 is 1.70 bits per heavy atom. The standard InChI is InChI=1S/C28H28Cl2F3N7O6/c1-5-22(41)38-17-10-15(8-9-34)6-7-16(17)37-20-12-21(36-13-35-20)39(2)27(43)40(14-46-26(42)28(31,32)33)25-23(29)18(44-3)11-19(45-4)24(25)30/h5-7,10-13H,1,8-9,14,34H2,2-4H3,(H,38,41)(H,35,36,37). The normalized spacial score (nSPS) is 10.9. The molecule has 0 aliphatic heterocycles. The van der Waals surface area contributed by atoms with Crippen LogP contribution in [-0.2, 0) is 20.7 Å². The topological polar surface area (TPSA) is 161 Å². The molecule has 0 saturated heterocycles. The van der Waals surface area contributed by atoms with Crippen LogP contribution in [0.2, 0.25) is 10.0 Å². The van der Waals surface area contributed by atoms with E-state index in [4.69, 9.17) is 38.4 Å². The predicted molar refractivity (Wildman–Crippen MR) is 166 cm³/mol. The fourth-order valence-electron chi connectivity index (χ4n) is 3.86. The van der Waals surface area contributed by atoms with Crippen LogP contribution < -0.4 is 35.6 Å². The summed E-state index contributed by atoms with van der Waals surface area (Å²) in [6.07, 6.45) is -2.62. The monoisotopic (exact) mass is 685 g/mol. The highest BCUT2D eigenvalue weighted by Gasteiger charge is 2.42. The molecule has 0 radical (unpaired) electrons. The quantitative estimate of drug-likeness (QED) is 0.130. The second kappa shape index (κ2) is 15.5. The highest BCUT2D eigenvalue weighted by molar-refractivity contribution is 6.42. The van der Waals surface area contributed by atoms with Crippen LogP contribution in [-0.4, -0.2) is 68.6 Å². The van der Waals surface area contributed by atoms with Gasteiger partial charge in [0.2, 0.25) is 5.91 Å². The zero-order valence-corrected chi connectivity index (χ0v) is 26.1. The zero-order chi connectivity index (χ0) is 34.2. The minimum absolute atomic E-state index is 0.0501. The number of rotatable bonds is 12. The summed E-state index contributed by atoms with van der Waals surface area (Å²) in [5, 5.41) is 5.12. The summed E-state index contributed by atoms with van der Waals surface area (Å²) < 4.78 is 53.7. The number of ether oxygens (including phenoxy) is 3. The molecule has 13 nitrogen and oxygen atoms in total. The van der Waals surface area contributed by atoms with Crippen LogP contribution >= 0.6 is 23.2 Å². The molecule has 0 spiro atoms. The molecule has 18 heteroatoms. The van der Waals surface area contributed by atoms with Crippen molar-refractivity contribution < 1.29 is 41.8 Å². The van der Waals surface area contributed by atoms with E-state index in [-0.39, 0.29) is 38.9 Å². The van der Waals surface area contributed by atoms with Crippen molar-refractivity contribution in [2.45, 2.75) is 12.6 Å². The number of alkyl halides is 3. The Balaban J connectivity index is 2.02. The van der Waals surface area contributed by atoms with Gasteiger partial charge in [-0.05, 0) is 36.7 Å². The number of urea groups is 1. The third kappa shape index (κ3) is 8.47. The summed E-state index contributed by atoms with van der Waals surface area (Å²) >= 11 is 12.9. The summed E-state index contributed by atoms with van der Waals surface area (Å²) in [4.78, 5) is 47.2. The third-order valence-electron chi connectivity index (χ3n) is 6.11. The summed E-state index contributed by atoms with van der Waals surface area (Å²) in [5.41, 5.74) is 6.92. The van der Waals surface area contributed by atoms with Crippen molar-refractivity contribution in [3.63, 3.8) is 0 Å². The third-order valence-corrected chi connectivity index (χ3v) is 6.84. The van der Waals surface area contributed by atoms with E-state index in [9.17, 15) is 27.6 Å². The van der Waals surface area contributed by atoms with Gasteiger partial charge in [-0.3, -0.25) is 14.6 Å². The highest BCUT2D eigenvalue weighted by atomic mass is 35.5. The predicted octanol–water partition coefficient (Wildman–Crippen LogP) is 5.30. The summed E-state index contributed by atoms with van der Waals surface area (Å²) in [6.45, 7) is 2.56. The average Bonchev–Trinajstić information content (AvgIpc) is 3.02. The van der Waals surface area contributed by atoms with Gasteiger partial charge in [-0.1, -0.05) is 35.8 Å². The van der Waals surface area contributed by atoms with Crippen LogP contribution in [0.5, 0.6) is 11.5 Å². The number of methoxy groups -OCH3 is 2. The fourth-order valence-corrected chi connectivity index (χ4v) is 4.56. The van der Waals surface area contributed by atoms with Gasteiger partial charge in [-0.15, -0.1) is 0 Å². The number of halogens is 5. The molecule has 46 heavy (non-hydrogen) atoms. The number of nitrogens with zero attached hydrogens (tertiary/aromatic N) is 4. The first-order valence-electron chi connectivity index (χ1n) is 13.0. The van der Waals surface area contributed by atoms with Crippen molar-refractivity contribution in [1.82, 2.24) is 9.97 Å². The van der Waals surface area contributed by atoms with E-state index in [1.807, 2.05) is 0 Å². The van der Waals surface area contributed by atoms with E-state index < -0.39 is 30.8 Å². The van der Waals surface area contributed by atoms with E-state index in [0.29, 0.717) is 29.2 Å². The molecule has 1 aromatic heterocycles. The Hall–Kier alpha value is -4.80. The zero-order valence-electron chi connectivity index (χ0n) is 24.6. The van der Waals surface area contributed by atoms with Crippen molar-refractivity contribution >= 4 is 69.8 Å². The number of anilines is 5. The number of carbonyl (C=O) groups is 3. The maximum Gasteiger partial charge on any atom is 0.490 e. The highest BCUT2D eigenvalue weighted by Crippen LogP contribution is 2.46. The minimum Gasteiger partial charge on any atom is -0.495 e. The first kappa shape index (κ1) is 35.7. The molecule has 0 aliphatic carbocycles. The van der Waals surface area contributed by atoms with Gasteiger partial charge < -0.3 is 30.6 Å². The van der Waals surface area contributed by atoms with Crippen LogP contribution in [0.15, 0.2) is 49.3 Å². The number of amides is 3. The number of hydrogen-bond acceptors (Lipinski definition) is 10. The van der Waals surface area contributed by atoms with Gasteiger partial charge in [-0.25, -0.2) is 19.6 Å². The van der Waals surface area contributed by atoms with Crippen molar-refractivity contribution in [2.24, 2.45) is 5.73 Å². The number of nitrogens with one attached hydrogen (secondary N) is 2. The van der Waals surface area contributed by atoms with Gasteiger partial charge >= 0.3 is 18.2 Å². The van der Waals surface area contributed by atoms with Crippen LogP contribution in [0.25, 0.3) is 0 Å². The number of carbonyl (C=O) groups excluding carboxylic acids is 3. The van der Waals surface area contributed by atoms with Gasteiger partial charge in [0.05, 0.1) is 31.3 Å². The number of hydrogen-bond donors (Lipinski definition) is 3. The molecule has 0 atom stereocenters. The molecule has 0 unspecified atom stereocenters. The Kier molecular flexibility index (Phi) is 12.0. The maximum absolute atomic E-state index is 13.8. The molecular weight excluding hydrogens is 658 g/mol. The number of nitrogens with two attached hydrogens (primary N) is 1. The SMILES string of the molecule is C=CC(=O)Nc1cc(CCN)ccc1Nc1cc(N(C)C(=O)N(COC(=O)C(F)(F)F)c2c(Cl)c(OC)cc(OC)c2Cl)ncn1. The molecular formula is C28H28Cl2F3N7O6. The molecule has 0 bridgehead atoms. The molecule has 0 aliphatic rings. The molecule has 1 heterocycles. The lowest BCUT2D eigenvalue weighted by Gasteiger charge is -2.29. The van der Waals surface area contributed by atoms with Crippen molar-refractivity contribution in [3.8, 4) is 11.5 Å². The van der Waals surface area contributed by atoms with Gasteiger partial charge in [0.1, 0.15) is 39.5 Å². The molecule has 2 aromatic carbocycles. The van der Waals surface area contributed by atoms with E-state index in [0.717, 1.165) is 22.9 Å². The summed E-state index contributed by atoms with van der Waals surface area (Å²) in [7, 11) is 3.73. The molecule has 4 N–H and O–H groups in total. The molecule has 3 amide bonds. The van der Waals surface area contributed by atoms with Gasteiger partial charge in [-0.2, -0.15) is 13.2 Å². The van der Waals surface area contributed by atoms with Gasteiger partial charge in [0.15, 0.2) is 6.73 Å². The maximum atomic E-state index is 13.8. The van der Waals surface area contributed by atoms with Crippen LogP contribution in [0.4, 0.5) is 46.7 Å². The van der Waals surface area contributed by atoms with Crippen molar-refractivity contribution in [2.75, 3.05) is 55.0 Å². The Labute approximate surface area is 271 Å². The second-order valence-electron chi connectivity index (χ2n) is 9.08. The minimum atomic E-state index is -5.36. The fraction of sp³-hybridized carbons (Fsp3) is 0.250. The largest absolute Gasteiger partial charge is 0.495 e. The first-order chi connectivity index (χ1) is 21.7. The van der Waals surface area contributed by atoms with E-state index in [1.54, 1.807) is 18.2 Å². The van der Waals surface area contributed by atoms with Crippen LogP contribution in [0, 0.1) is 0 Å². The molecule has 0 fully saturated rings. The number of esters is 1. The average molecular weight is 686 g/mol. The van der Waals surface area contributed by atoms with E-state index >= 15 is 0 Å². The molecule has 246 valence electrons. The Morgan fingerprint density at radius 1 is 1.04 bits per heavy atom. The Morgan fingerprint density at radius 3 is 2.26 bits per heavy atom. The van der Waals surface area contributed by atoms with E-state index in [2.05, 4.69) is 31.9 Å². The summed E-state index contributed by atoms with van der Waals surface area (Å²) in [5.74, 6) is -3.05. The second-order valence-corrected chi connectivity index (χ2v) is 9.84. The Bertz CT molecular complexity index is 1600. The van der Waals surface area contributed by atoms with Crippen molar-refractivity contribution in [1.29, 1.82) is 0 Å². The molecule has 0 saturated carbocycles. The summed E-state index contributed by atoms with van der Waals surface area (Å²) in [6, 6.07) is 6.72. The molecule has 3 aromatic rings. The number of aromatic nitrogens is 2. The first-order valence-corrected chi connectivity index (χ1v) is 13.8. The van der Waals surface area contributed by atoms with Crippen LogP contribution in [0.3, 0.4) is 0 Å². The number of benzene rings is 2. The van der Waals surface area contributed by atoms with E-state index in [1.165, 1.54) is 33.4 Å². The van der Waals surface area contributed by atoms with Crippen molar-refractivity contribution in [3.05, 3.63) is 64.9 Å². The lowest BCUT2D eigenvalue weighted by molar-refractivity contribution is -0.199. The molecule has 3 rings (SSSR count). The lowest BCUT2D eigenvalue weighted by Crippen LogP contribution is -2.44. The van der Waals surface area contributed by atoms with Crippen LogP contribution in [0.1, 0.15) is 5.56 Å².